The number of amides is 3. The average molecular weight is 522 g/mol. The molecule has 14 nitrogen and oxygen atoms in total. The minimum atomic E-state index is -0.598. The molecule has 0 radical (unpaired) electrons. The third-order valence-electron chi connectivity index (χ3n) is 5.59. The fraction of sp³-hybridized carbons (Fsp3) is 0.250. The molecular formula is C24H27N9O5. The number of nitrogens with zero attached hydrogens (tertiary/aromatic N) is 6. The largest absolute Gasteiger partial charge is 0.460 e. The number of hydrogen-bond acceptors (Lipinski definition) is 7. The third kappa shape index (κ3) is 5.33. The average Bonchev–Trinajstić information content (AvgIpc) is 3.61. The summed E-state index contributed by atoms with van der Waals surface area (Å²) in [4.78, 5) is 58.3. The molecule has 4 rings (SSSR count). The highest BCUT2D eigenvalue weighted by molar-refractivity contribution is 6.08. The Labute approximate surface area is 217 Å². The highest BCUT2D eigenvalue weighted by atomic mass is 16.5. The molecule has 4 aromatic rings. The Morgan fingerprint density at radius 3 is 1.89 bits per heavy atom. The normalized spacial score (nSPS) is 10.8. The lowest BCUT2D eigenvalue weighted by molar-refractivity contribution is 0.0507. The fourth-order valence-electron chi connectivity index (χ4n) is 3.78. The molecule has 4 aromatic heterocycles. The van der Waals surface area contributed by atoms with Gasteiger partial charge in [-0.25, -0.2) is 14.8 Å². The molecule has 38 heavy (non-hydrogen) atoms. The van der Waals surface area contributed by atoms with Gasteiger partial charge in [-0.05, 0) is 19.1 Å². The van der Waals surface area contributed by atoms with Crippen LogP contribution in [0.1, 0.15) is 49.1 Å². The van der Waals surface area contributed by atoms with Crippen molar-refractivity contribution in [2.75, 3.05) is 22.6 Å². The molecule has 0 unspecified atom stereocenters. The summed E-state index contributed by atoms with van der Waals surface area (Å²) >= 11 is 0. The number of carbonyl (C=O) groups is 4. The molecule has 14 heteroatoms. The van der Waals surface area contributed by atoms with Crippen LogP contribution in [0, 0.1) is 0 Å². The number of aromatic nitrogens is 6. The number of nitrogens with one attached hydrogen (secondary N) is 3. The third-order valence-corrected chi connectivity index (χ3v) is 5.59. The number of esters is 1. The Balaban J connectivity index is 1.43. The topological polar surface area (TPSA) is 159 Å². The molecule has 3 amide bonds. The second-order valence-corrected chi connectivity index (χ2v) is 8.46. The molecule has 0 saturated carbocycles. The number of rotatable bonds is 8. The van der Waals surface area contributed by atoms with E-state index in [2.05, 4.69) is 25.9 Å². The van der Waals surface area contributed by atoms with Crippen LogP contribution in [0.15, 0.2) is 43.1 Å². The zero-order valence-corrected chi connectivity index (χ0v) is 21.5. The van der Waals surface area contributed by atoms with Gasteiger partial charge in [0.25, 0.3) is 17.7 Å². The molecule has 4 heterocycles. The lowest BCUT2D eigenvalue weighted by Gasteiger charge is -2.03. The van der Waals surface area contributed by atoms with E-state index in [9.17, 15) is 19.2 Å². The van der Waals surface area contributed by atoms with Gasteiger partial charge >= 0.3 is 5.97 Å². The quantitative estimate of drug-likeness (QED) is 0.298. The summed E-state index contributed by atoms with van der Waals surface area (Å²) in [6.45, 7) is 1.89. The Hall–Kier alpha value is -5.14. The summed E-state index contributed by atoms with van der Waals surface area (Å²) in [7, 11) is 6.65. The number of ether oxygens (including phenoxy) is 1. The number of hydrogen-bond donors (Lipinski definition) is 3. The minimum Gasteiger partial charge on any atom is -0.460 e. The first-order valence-corrected chi connectivity index (χ1v) is 11.5. The van der Waals surface area contributed by atoms with Crippen molar-refractivity contribution in [3.8, 4) is 0 Å². The summed E-state index contributed by atoms with van der Waals surface area (Å²) in [5.41, 5.74) is 1.35. The van der Waals surface area contributed by atoms with E-state index >= 15 is 0 Å². The van der Waals surface area contributed by atoms with Crippen molar-refractivity contribution in [1.82, 2.24) is 28.2 Å². The van der Waals surface area contributed by atoms with Crippen molar-refractivity contribution in [3.05, 3.63) is 66.2 Å². The second kappa shape index (κ2) is 10.5. The summed E-state index contributed by atoms with van der Waals surface area (Å²) in [6, 6.07) is 3.05. The van der Waals surface area contributed by atoms with Crippen LogP contribution in [0.25, 0.3) is 0 Å². The second-order valence-electron chi connectivity index (χ2n) is 8.46. The molecule has 0 aliphatic carbocycles. The molecule has 0 aliphatic heterocycles. The molecule has 0 aromatic carbocycles. The molecule has 0 aliphatic rings. The highest BCUT2D eigenvalue weighted by Crippen LogP contribution is 2.19. The van der Waals surface area contributed by atoms with E-state index in [1.54, 1.807) is 67.4 Å². The van der Waals surface area contributed by atoms with Crippen molar-refractivity contribution in [3.63, 3.8) is 0 Å². The molecule has 0 spiro atoms. The van der Waals surface area contributed by atoms with E-state index in [0.717, 1.165) is 0 Å². The van der Waals surface area contributed by atoms with Crippen molar-refractivity contribution in [2.24, 2.45) is 28.2 Å². The predicted molar refractivity (Wildman–Crippen MR) is 137 cm³/mol. The summed E-state index contributed by atoms with van der Waals surface area (Å²) in [6.07, 6.45) is 7.86. The molecule has 0 saturated heterocycles. The van der Waals surface area contributed by atoms with Crippen LogP contribution < -0.4 is 16.0 Å². The number of anilines is 3. The van der Waals surface area contributed by atoms with Crippen molar-refractivity contribution >= 4 is 40.9 Å². The molecular weight excluding hydrogens is 494 g/mol. The standard InChI is InChI=1S/C24H27N9O5/c1-6-38-24(37)20-28-18(13-33(20)5)29-22(35)17-9-14(11-32(17)4)26-21(34)16-10-15(12-31(16)3)27-23(36)19-25-7-8-30(19)2/h7-13H,6H2,1-5H3,(H,26,34)(H,27,36)(H,29,35). The van der Waals surface area contributed by atoms with Crippen molar-refractivity contribution < 1.29 is 23.9 Å². The predicted octanol–water partition coefficient (Wildman–Crippen LogP) is 1.76. The zero-order chi connectivity index (χ0) is 27.6. The number of carbonyl (C=O) groups excluding carboxylic acids is 4. The van der Waals surface area contributed by atoms with E-state index in [-0.39, 0.29) is 35.5 Å². The lowest BCUT2D eigenvalue weighted by Crippen LogP contribution is -2.16. The summed E-state index contributed by atoms with van der Waals surface area (Å²) < 4.78 is 11.1. The Morgan fingerprint density at radius 2 is 1.34 bits per heavy atom. The number of imidazole rings is 2. The Morgan fingerprint density at radius 1 is 0.763 bits per heavy atom. The van der Waals surface area contributed by atoms with Crippen LogP contribution in [0.3, 0.4) is 0 Å². The summed E-state index contributed by atoms with van der Waals surface area (Å²) in [5.74, 6) is -1.46. The molecule has 0 atom stereocenters. The van der Waals surface area contributed by atoms with E-state index in [1.165, 1.54) is 29.1 Å². The summed E-state index contributed by atoms with van der Waals surface area (Å²) in [5, 5.41) is 8.11. The first-order chi connectivity index (χ1) is 18.1. The molecule has 3 N–H and O–H groups in total. The van der Waals surface area contributed by atoms with Gasteiger partial charge in [-0.15, -0.1) is 0 Å². The van der Waals surface area contributed by atoms with Crippen LogP contribution in [-0.2, 0) is 32.9 Å². The van der Waals surface area contributed by atoms with E-state index in [0.29, 0.717) is 11.4 Å². The molecule has 0 bridgehead atoms. The van der Waals surface area contributed by atoms with Crippen molar-refractivity contribution in [1.29, 1.82) is 0 Å². The van der Waals surface area contributed by atoms with Crippen molar-refractivity contribution in [2.45, 2.75) is 6.92 Å². The van der Waals surface area contributed by atoms with E-state index < -0.39 is 23.7 Å². The molecule has 0 fully saturated rings. The van der Waals surface area contributed by atoms with Gasteiger partial charge in [0.1, 0.15) is 11.4 Å². The number of aryl methyl sites for hydroxylation is 4. The van der Waals surface area contributed by atoms with Gasteiger partial charge in [0.15, 0.2) is 11.6 Å². The SMILES string of the molecule is CCOC(=O)c1nc(NC(=O)c2cc(NC(=O)c3cc(NC(=O)c4nccn4C)cn3C)cn2C)cn1C. The smallest absolute Gasteiger partial charge is 0.374 e. The van der Waals surface area contributed by atoms with Gasteiger partial charge in [0.2, 0.25) is 5.82 Å². The van der Waals surface area contributed by atoms with Gasteiger partial charge in [-0.3, -0.25) is 14.4 Å². The lowest BCUT2D eigenvalue weighted by atomic mass is 10.3. The Bertz CT molecular complexity index is 1540. The van der Waals surface area contributed by atoms with Gasteiger partial charge in [0, 0.05) is 59.2 Å². The van der Waals surface area contributed by atoms with Crippen LogP contribution in [0.2, 0.25) is 0 Å². The molecule has 198 valence electrons. The zero-order valence-electron chi connectivity index (χ0n) is 21.5. The maximum Gasteiger partial charge on any atom is 0.374 e. The van der Waals surface area contributed by atoms with Crippen LogP contribution in [0.4, 0.5) is 17.2 Å². The van der Waals surface area contributed by atoms with Gasteiger partial charge in [0.05, 0.1) is 18.0 Å². The Kier molecular flexibility index (Phi) is 7.14. The first kappa shape index (κ1) is 25.9. The first-order valence-electron chi connectivity index (χ1n) is 11.5. The van der Waals surface area contributed by atoms with Crippen LogP contribution in [0.5, 0.6) is 0 Å². The minimum absolute atomic E-state index is 0.0556. The van der Waals surface area contributed by atoms with Gasteiger partial charge in [-0.1, -0.05) is 0 Å². The van der Waals surface area contributed by atoms with Crippen LogP contribution in [-0.4, -0.2) is 58.5 Å². The van der Waals surface area contributed by atoms with E-state index in [1.807, 2.05) is 0 Å². The fourth-order valence-corrected chi connectivity index (χ4v) is 3.78. The maximum absolute atomic E-state index is 12.9. The van der Waals surface area contributed by atoms with E-state index in [4.69, 9.17) is 4.74 Å². The maximum atomic E-state index is 12.9. The van der Waals surface area contributed by atoms with Gasteiger partial charge < -0.3 is 39.0 Å². The van der Waals surface area contributed by atoms with Gasteiger partial charge in [-0.2, -0.15) is 0 Å². The monoisotopic (exact) mass is 521 g/mol. The van der Waals surface area contributed by atoms with Crippen LogP contribution >= 0.6 is 0 Å². The highest BCUT2D eigenvalue weighted by Gasteiger charge is 2.20.